The molecule has 0 aliphatic carbocycles. The quantitative estimate of drug-likeness (QED) is 0.462. The van der Waals surface area contributed by atoms with E-state index < -0.39 is 0 Å². The van der Waals surface area contributed by atoms with Crippen molar-refractivity contribution in [3.05, 3.63) is 77.5 Å². The largest absolute Gasteiger partial charge is 0.478 e. The Morgan fingerprint density at radius 1 is 1.03 bits per heavy atom. The van der Waals surface area contributed by atoms with Gasteiger partial charge in [-0.25, -0.2) is 4.68 Å². The molecule has 6 nitrogen and oxygen atoms in total. The minimum absolute atomic E-state index is 0.0372. The van der Waals surface area contributed by atoms with Crippen LogP contribution in [-0.2, 0) is 11.2 Å². The van der Waals surface area contributed by atoms with Gasteiger partial charge in [0.2, 0.25) is 11.8 Å². The van der Waals surface area contributed by atoms with Crippen LogP contribution >= 0.6 is 0 Å². The Morgan fingerprint density at radius 3 is 2.39 bits per heavy atom. The predicted octanol–water partition coefficient (Wildman–Crippen LogP) is 5.01. The minimum Gasteiger partial charge on any atom is -0.478 e. The fraction of sp³-hybridized carbons (Fsp3) is 0.240. The highest BCUT2D eigenvalue weighted by atomic mass is 16.5. The zero-order valence-electron chi connectivity index (χ0n) is 18.1. The maximum Gasteiger partial charge on any atom is 0.224 e. The molecular weight excluding hydrogens is 388 g/mol. The van der Waals surface area contributed by atoms with Crippen LogP contribution in [0, 0.1) is 13.8 Å². The van der Waals surface area contributed by atoms with Crippen molar-refractivity contribution in [3.8, 4) is 11.6 Å². The molecular formula is C25H26N4O2. The third kappa shape index (κ3) is 4.28. The Labute approximate surface area is 181 Å². The molecule has 0 saturated carbocycles. The first-order chi connectivity index (χ1) is 15.1. The number of nitrogens with zero attached hydrogens (tertiary/aromatic N) is 3. The molecule has 0 unspecified atom stereocenters. The van der Waals surface area contributed by atoms with Gasteiger partial charge in [-0.1, -0.05) is 36.4 Å². The number of para-hydroxylation sites is 2. The molecule has 0 spiro atoms. The molecule has 0 aliphatic rings. The molecule has 0 aliphatic heterocycles. The zero-order valence-corrected chi connectivity index (χ0v) is 18.1. The first kappa shape index (κ1) is 20.6. The van der Waals surface area contributed by atoms with Crippen LogP contribution in [0.3, 0.4) is 0 Å². The summed E-state index contributed by atoms with van der Waals surface area (Å²) >= 11 is 0. The van der Waals surface area contributed by atoms with Crippen LogP contribution in [0.4, 0.5) is 5.69 Å². The summed E-state index contributed by atoms with van der Waals surface area (Å²) in [5.41, 5.74) is 5.42. The summed E-state index contributed by atoms with van der Waals surface area (Å²) in [6.07, 6.45) is 0.883. The van der Waals surface area contributed by atoms with Gasteiger partial charge >= 0.3 is 0 Å². The Kier molecular flexibility index (Phi) is 5.98. The third-order valence-electron chi connectivity index (χ3n) is 5.27. The predicted molar refractivity (Wildman–Crippen MR) is 123 cm³/mol. The van der Waals surface area contributed by atoms with Crippen molar-refractivity contribution < 1.29 is 9.53 Å². The van der Waals surface area contributed by atoms with Crippen molar-refractivity contribution in [3.63, 3.8) is 0 Å². The lowest BCUT2D eigenvalue weighted by Crippen LogP contribution is -2.13. The number of nitrogens with one attached hydrogen (secondary N) is 1. The van der Waals surface area contributed by atoms with Crippen LogP contribution in [0.1, 0.15) is 30.2 Å². The van der Waals surface area contributed by atoms with E-state index in [9.17, 15) is 4.79 Å². The first-order valence-corrected chi connectivity index (χ1v) is 10.5. The van der Waals surface area contributed by atoms with E-state index in [2.05, 4.69) is 12.2 Å². The lowest BCUT2D eigenvalue weighted by atomic mass is 10.0. The van der Waals surface area contributed by atoms with Gasteiger partial charge in [-0.3, -0.25) is 4.79 Å². The van der Waals surface area contributed by atoms with Crippen molar-refractivity contribution in [2.75, 3.05) is 11.9 Å². The topological polar surface area (TPSA) is 69.0 Å². The number of pyridine rings is 1. The standard InChI is InChI=1S/C25H26N4O2/c1-4-31-25-21(15-16-22(30)26-19-11-7-5-8-12-19)17(2)23-18(3)28-29(24(23)27-25)20-13-9-6-10-14-20/h5-14H,4,15-16H2,1-3H3,(H,26,30). The van der Waals surface area contributed by atoms with E-state index in [1.165, 1.54) is 0 Å². The molecule has 1 N–H and O–H groups in total. The van der Waals surface area contributed by atoms with Gasteiger partial charge in [-0.15, -0.1) is 0 Å². The molecule has 2 aromatic heterocycles. The summed E-state index contributed by atoms with van der Waals surface area (Å²) in [4.78, 5) is 17.3. The molecule has 0 bridgehead atoms. The van der Waals surface area contributed by atoms with Crippen LogP contribution in [0.15, 0.2) is 60.7 Å². The second-order valence-electron chi connectivity index (χ2n) is 7.40. The summed E-state index contributed by atoms with van der Waals surface area (Å²) in [6, 6.07) is 19.4. The van der Waals surface area contributed by atoms with Crippen molar-refractivity contribution in [2.45, 2.75) is 33.6 Å². The fourth-order valence-electron chi connectivity index (χ4n) is 3.82. The van der Waals surface area contributed by atoms with E-state index in [4.69, 9.17) is 14.8 Å². The smallest absolute Gasteiger partial charge is 0.224 e. The number of fused-ring (bicyclic) bond motifs is 1. The Balaban J connectivity index is 1.68. The van der Waals surface area contributed by atoms with Crippen LogP contribution in [0.5, 0.6) is 5.88 Å². The van der Waals surface area contributed by atoms with Crippen molar-refractivity contribution in [2.24, 2.45) is 0 Å². The number of carbonyl (C=O) groups excluding carboxylic acids is 1. The van der Waals surface area contributed by atoms with Crippen molar-refractivity contribution in [1.29, 1.82) is 0 Å². The number of hydrogen-bond donors (Lipinski definition) is 1. The van der Waals surface area contributed by atoms with Gasteiger partial charge in [0.05, 0.1) is 18.0 Å². The summed E-state index contributed by atoms with van der Waals surface area (Å²) in [7, 11) is 0. The van der Waals surface area contributed by atoms with E-state index in [1.54, 1.807) is 0 Å². The van der Waals surface area contributed by atoms with Gasteiger partial charge in [0, 0.05) is 23.1 Å². The maximum atomic E-state index is 12.5. The summed E-state index contributed by atoms with van der Waals surface area (Å²) in [5, 5.41) is 8.68. The summed E-state index contributed by atoms with van der Waals surface area (Å²) < 4.78 is 7.75. The van der Waals surface area contributed by atoms with Crippen LogP contribution in [-0.4, -0.2) is 27.3 Å². The van der Waals surface area contributed by atoms with Gasteiger partial charge in [0.25, 0.3) is 0 Å². The van der Waals surface area contributed by atoms with E-state index in [0.29, 0.717) is 25.3 Å². The second kappa shape index (κ2) is 9.00. The van der Waals surface area contributed by atoms with Gasteiger partial charge in [0.15, 0.2) is 5.65 Å². The molecule has 4 rings (SSSR count). The molecule has 0 radical (unpaired) electrons. The number of anilines is 1. The molecule has 0 atom stereocenters. The fourth-order valence-corrected chi connectivity index (χ4v) is 3.82. The van der Waals surface area contributed by atoms with Crippen LogP contribution < -0.4 is 10.1 Å². The molecule has 6 heteroatoms. The van der Waals surface area contributed by atoms with E-state index in [-0.39, 0.29) is 5.91 Å². The van der Waals surface area contributed by atoms with Gasteiger partial charge in [-0.2, -0.15) is 10.1 Å². The average Bonchev–Trinajstić information content (AvgIpc) is 3.11. The Bertz CT molecular complexity index is 1200. The zero-order chi connectivity index (χ0) is 21.8. The lowest BCUT2D eigenvalue weighted by Gasteiger charge is -2.14. The molecule has 2 heterocycles. The normalized spacial score (nSPS) is 10.9. The van der Waals surface area contributed by atoms with E-state index >= 15 is 0 Å². The molecule has 158 valence electrons. The SMILES string of the molecule is CCOc1nc2c(c(C)nn2-c2ccccc2)c(C)c1CCC(=O)Nc1ccccc1. The van der Waals surface area contributed by atoms with Crippen LogP contribution in [0.2, 0.25) is 0 Å². The highest BCUT2D eigenvalue weighted by Crippen LogP contribution is 2.32. The molecule has 1 amide bonds. The van der Waals surface area contributed by atoms with Crippen molar-refractivity contribution in [1.82, 2.24) is 14.8 Å². The number of aromatic nitrogens is 3. The minimum atomic E-state index is -0.0372. The first-order valence-electron chi connectivity index (χ1n) is 10.5. The number of carbonyl (C=O) groups is 1. The van der Waals surface area contributed by atoms with Gasteiger partial charge < -0.3 is 10.1 Å². The van der Waals surface area contributed by atoms with E-state index in [1.807, 2.05) is 79.2 Å². The van der Waals surface area contributed by atoms with Crippen LogP contribution in [0.25, 0.3) is 16.7 Å². The van der Waals surface area contributed by atoms with E-state index in [0.717, 1.165) is 39.2 Å². The molecule has 0 saturated heterocycles. The number of benzene rings is 2. The number of rotatable bonds is 7. The monoisotopic (exact) mass is 414 g/mol. The van der Waals surface area contributed by atoms with Gasteiger partial charge in [-0.05, 0) is 57.0 Å². The maximum absolute atomic E-state index is 12.5. The average molecular weight is 415 g/mol. The Morgan fingerprint density at radius 2 is 1.71 bits per heavy atom. The number of aryl methyl sites for hydroxylation is 2. The summed E-state index contributed by atoms with van der Waals surface area (Å²) in [6.45, 7) is 6.48. The third-order valence-corrected chi connectivity index (χ3v) is 5.27. The highest BCUT2D eigenvalue weighted by Gasteiger charge is 2.20. The second-order valence-corrected chi connectivity index (χ2v) is 7.40. The molecule has 31 heavy (non-hydrogen) atoms. The molecule has 4 aromatic rings. The number of amides is 1. The van der Waals surface area contributed by atoms with Crippen molar-refractivity contribution >= 4 is 22.6 Å². The lowest BCUT2D eigenvalue weighted by molar-refractivity contribution is -0.116. The highest BCUT2D eigenvalue weighted by molar-refractivity contribution is 5.91. The molecule has 0 fully saturated rings. The number of hydrogen-bond acceptors (Lipinski definition) is 4. The number of ether oxygens (including phenoxy) is 1. The van der Waals surface area contributed by atoms with Gasteiger partial charge in [0.1, 0.15) is 0 Å². The Hall–Kier alpha value is -3.67. The molecule has 2 aromatic carbocycles. The summed E-state index contributed by atoms with van der Waals surface area (Å²) in [5.74, 6) is 0.530.